The highest BCUT2D eigenvalue weighted by atomic mass is 35.5. The molecule has 3 N–H and O–H groups in total. The van der Waals surface area contributed by atoms with Crippen LogP contribution >= 0.6 is 37.2 Å². The lowest BCUT2D eigenvalue weighted by Gasteiger charge is -2.18. The van der Waals surface area contributed by atoms with Crippen LogP contribution in [-0.4, -0.2) is 64.4 Å². The average Bonchev–Trinajstić information content (AvgIpc) is 2.84. The highest BCUT2D eigenvalue weighted by Crippen LogP contribution is 2.36. The lowest BCUT2D eigenvalue weighted by atomic mass is 10.1. The molecule has 2 aromatic carbocycles. The number of methoxy groups -OCH3 is 3. The Balaban J connectivity index is 0.00000385. The van der Waals surface area contributed by atoms with Crippen LogP contribution in [0.1, 0.15) is 12.8 Å². The van der Waals surface area contributed by atoms with Gasteiger partial charge in [0, 0.05) is 29.2 Å². The summed E-state index contributed by atoms with van der Waals surface area (Å²) < 4.78 is 16.3. The first-order chi connectivity index (χ1) is 15.6. The molecular formula is C25H37Cl3N4O3. The van der Waals surface area contributed by atoms with Crippen LogP contribution in [0.15, 0.2) is 42.5 Å². The summed E-state index contributed by atoms with van der Waals surface area (Å²) in [4.78, 5) is 7.21. The molecule has 0 fully saturated rings. The Morgan fingerprint density at radius 2 is 1.49 bits per heavy atom. The van der Waals surface area contributed by atoms with E-state index in [1.54, 1.807) is 21.3 Å². The number of anilines is 1. The molecule has 0 saturated carbocycles. The van der Waals surface area contributed by atoms with Gasteiger partial charge in [-0.1, -0.05) is 0 Å². The summed E-state index contributed by atoms with van der Waals surface area (Å²) in [5.74, 6) is 2.16. The summed E-state index contributed by atoms with van der Waals surface area (Å²) in [6, 6.07) is 13.9. The normalized spacial score (nSPS) is 10.1. The monoisotopic (exact) mass is 546 g/mol. The number of nitrogens with two attached hydrogens (primary N) is 1. The lowest BCUT2D eigenvalue weighted by molar-refractivity contribution is 0.330. The molecule has 7 nitrogen and oxygen atoms in total. The zero-order chi connectivity index (χ0) is 22.9. The number of pyridine rings is 1. The second-order valence-corrected chi connectivity index (χ2v) is 7.73. The summed E-state index contributed by atoms with van der Waals surface area (Å²) in [6.07, 6.45) is 2.04. The molecule has 35 heavy (non-hydrogen) atoms. The molecule has 0 spiro atoms. The number of nitrogens with zero attached hydrogens (tertiary/aromatic N) is 2. The fourth-order valence-corrected chi connectivity index (χ4v) is 3.65. The third-order valence-electron chi connectivity index (χ3n) is 5.48. The van der Waals surface area contributed by atoms with Gasteiger partial charge in [0.1, 0.15) is 5.75 Å². The number of benzene rings is 2. The van der Waals surface area contributed by atoms with E-state index in [1.807, 2.05) is 36.4 Å². The molecule has 0 aliphatic rings. The Morgan fingerprint density at radius 3 is 2.09 bits per heavy atom. The maximum atomic E-state index is 5.61. The quantitative estimate of drug-likeness (QED) is 0.299. The van der Waals surface area contributed by atoms with E-state index in [1.165, 1.54) is 0 Å². The van der Waals surface area contributed by atoms with Crippen molar-refractivity contribution >= 4 is 53.8 Å². The summed E-state index contributed by atoms with van der Waals surface area (Å²) in [5.41, 5.74) is 9.38. The Kier molecular flexibility index (Phi) is 15.5. The van der Waals surface area contributed by atoms with E-state index in [-0.39, 0.29) is 37.2 Å². The van der Waals surface area contributed by atoms with E-state index in [4.69, 9.17) is 24.9 Å². The van der Waals surface area contributed by atoms with Crippen molar-refractivity contribution in [3.05, 3.63) is 42.5 Å². The lowest BCUT2D eigenvalue weighted by Crippen LogP contribution is -2.24. The number of hydrogen-bond donors (Lipinski definition) is 2. The molecular weight excluding hydrogens is 511 g/mol. The highest BCUT2D eigenvalue weighted by molar-refractivity contribution is 5.96. The Bertz CT molecular complexity index is 1020. The van der Waals surface area contributed by atoms with Crippen LogP contribution in [0.4, 0.5) is 5.69 Å². The molecule has 0 atom stereocenters. The molecule has 0 bridgehead atoms. The van der Waals surface area contributed by atoms with Crippen molar-refractivity contribution < 1.29 is 14.2 Å². The van der Waals surface area contributed by atoms with Gasteiger partial charge in [0.25, 0.3) is 0 Å². The van der Waals surface area contributed by atoms with Crippen LogP contribution in [0.3, 0.4) is 0 Å². The number of ether oxygens (including phenoxy) is 3. The highest BCUT2D eigenvalue weighted by Gasteiger charge is 2.13. The topological polar surface area (TPSA) is 81.9 Å². The maximum Gasteiger partial charge on any atom is 0.162 e. The number of nitrogens with one attached hydrogen (secondary N) is 1. The zero-order valence-electron chi connectivity index (χ0n) is 20.7. The van der Waals surface area contributed by atoms with Gasteiger partial charge in [-0.15, -0.1) is 37.2 Å². The summed E-state index contributed by atoms with van der Waals surface area (Å²) in [5, 5.41) is 4.60. The Hall–Kier alpha value is -2.16. The van der Waals surface area contributed by atoms with Crippen molar-refractivity contribution in [2.45, 2.75) is 12.8 Å². The minimum Gasteiger partial charge on any atom is -0.497 e. The van der Waals surface area contributed by atoms with E-state index < -0.39 is 0 Å². The van der Waals surface area contributed by atoms with Crippen LogP contribution in [0.5, 0.6) is 17.2 Å². The van der Waals surface area contributed by atoms with Crippen molar-refractivity contribution in [1.29, 1.82) is 0 Å². The van der Waals surface area contributed by atoms with E-state index >= 15 is 0 Å². The van der Waals surface area contributed by atoms with Crippen molar-refractivity contribution in [3.63, 3.8) is 0 Å². The van der Waals surface area contributed by atoms with Crippen molar-refractivity contribution in [2.24, 2.45) is 5.73 Å². The van der Waals surface area contributed by atoms with E-state index in [0.29, 0.717) is 11.5 Å². The van der Waals surface area contributed by atoms with Gasteiger partial charge in [-0.3, -0.25) is 0 Å². The van der Waals surface area contributed by atoms with Gasteiger partial charge in [-0.2, -0.15) is 0 Å². The maximum absolute atomic E-state index is 5.61. The van der Waals surface area contributed by atoms with Crippen LogP contribution in [0.25, 0.3) is 22.2 Å². The van der Waals surface area contributed by atoms with Gasteiger partial charge < -0.3 is 30.2 Å². The van der Waals surface area contributed by atoms with E-state index in [2.05, 4.69) is 23.3 Å². The van der Waals surface area contributed by atoms with Gasteiger partial charge >= 0.3 is 0 Å². The van der Waals surface area contributed by atoms with Gasteiger partial charge in [-0.25, -0.2) is 4.98 Å². The van der Waals surface area contributed by atoms with Crippen LogP contribution in [0.2, 0.25) is 0 Å². The molecule has 3 aromatic rings. The summed E-state index contributed by atoms with van der Waals surface area (Å²) >= 11 is 0. The van der Waals surface area contributed by atoms with Crippen LogP contribution < -0.4 is 25.3 Å². The number of halogens is 3. The molecule has 0 aliphatic carbocycles. The molecule has 196 valence electrons. The second kappa shape index (κ2) is 16.5. The number of rotatable bonds is 12. The number of hydrogen-bond acceptors (Lipinski definition) is 7. The standard InChI is InChI=1S/C25H34N4O3.3ClH/c1-29(13-5-11-26)14-6-12-27-22-16-21(18-7-9-19(30-2)10-8-18)28-23-17-25(32-4)24(31-3)15-20(22)23;;;/h7-10,15-17H,5-6,11-14,26H2,1-4H3,(H,27,28);3*1H. The van der Waals surface area contributed by atoms with Gasteiger partial charge in [0.05, 0.1) is 32.5 Å². The molecule has 0 aliphatic heterocycles. The molecule has 3 rings (SSSR count). The third-order valence-corrected chi connectivity index (χ3v) is 5.48. The Labute approximate surface area is 226 Å². The smallest absolute Gasteiger partial charge is 0.162 e. The molecule has 10 heteroatoms. The fourth-order valence-electron chi connectivity index (χ4n) is 3.65. The average molecular weight is 548 g/mol. The largest absolute Gasteiger partial charge is 0.497 e. The first kappa shape index (κ1) is 32.8. The first-order valence-electron chi connectivity index (χ1n) is 10.9. The molecule has 1 heterocycles. The Morgan fingerprint density at radius 1 is 0.857 bits per heavy atom. The van der Waals surface area contributed by atoms with E-state index in [9.17, 15) is 0 Å². The van der Waals surface area contributed by atoms with Crippen molar-refractivity contribution in [1.82, 2.24) is 9.88 Å². The summed E-state index contributed by atoms with van der Waals surface area (Å²) in [7, 11) is 7.08. The molecule has 0 saturated heterocycles. The number of aromatic nitrogens is 1. The van der Waals surface area contributed by atoms with Crippen LogP contribution in [0, 0.1) is 0 Å². The first-order valence-corrected chi connectivity index (χ1v) is 10.9. The van der Waals surface area contributed by atoms with Crippen LogP contribution in [-0.2, 0) is 0 Å². The minimum absolute atomic E-state index is 0. The van der Waals surface area contributed by atoms with Crippen molar-refractivity contribution in [2.75, 3.05) is 59.9 Å². The summed E-state index contributed by atoms with van der Waals surface area (Å²) in [6.45, 7) is 3.61. The molecule has 0 amide bonds. The van der Waals surface area contributed by atoms with Crippen molar-refractivity contribution in [3.8, 4) is 28.5 Å². The van der Waals surface area contributed by atoms with Gasteiger partial charge in [0.2, 0.25) is 0 Å². The van der Waals surface area contributed by atoms with Gasteiger partial charge in [0.15, 0.2) is 11.5 Å². The zero-order valence-corrected chi connectivity index (χ0v) is 23.2. The van der Waals surface area contributed by atoms with Gasteiger partial charge in [-0.05, 0) is 75.9 Å². The molecule has 0 radical (unpaired) electrons. The molecule has 0 unspecified atom stereocenters. The van der Waals surface area contributed by atoms with E-state index in [0.717, 1.165) is 72.6 Å². The SMILES string of the molecule is COc1ccc(-c2cc(NCCCN(C)CCCN)c3cc(OC)c(OC)cc3n2)cc1.Cl.Cl.Cl. The second-order valence-electron chi connectivity index (χ2n) is 7.73. The predicted molar refractivity (Wildman–Crippen MR) is 153 cm³/mol. The minimum atomic E-state index is 0. The fraction of sp³-hybridized carbons (Fsp3) is 0.400. The number of fused-ring (bicyclic) bond motifs is 1. The predicted octanol–water partition coefficient (Wildman–Crippen LogP) is 5.28. The molecule has 1 aromatic heterocycles. The third kappa shape index (κ3) is 8.78.